The highest BCUT2D eigenvalue weighted by atomic mass is 35.5. The van der Waals surface area contributed by atoms with Crippen LogP contribution in [0.25, 0.3) is 16.9 Å². The number of hydrogen-bond donors (Lipinski definition) is 0. The van der Waals surface area contributed by atoms with E-state index in [0.717, 1.165) is 11.3 Å². The van der Waals surface area contributed by atoms with Crippen molar-refractivity contribution in [3.05, 3.63) is 41.7 Å². The van der Waals surface area contributed by atoms with E-state index in [2.05, 4.69) is 20.1 Å². The summed E-state index contributed by atoms with van der Waals surface area (Å²) in [5.74, 6) is 0. The summed E-state index contributed by atoms with van der Waals surface area (Å²) >= 11 is 6.21. The molecule has 0 N–H and O–H groups in total. The highest BCUT2D eigenvalue weighted by molar-refractivity contribution is 6.32. The lowest BCUT2D eigenvalue weighted by Gasteiger charge is -2.30. The van der Waals surface area contributed by atoms with Gasteiger partial charge in [0.1, 0.15) is 11.9 Å². The fourth-order valence-electron chi connectivity index (χ4n) is 2.81. The van der Waals surface area contributed by atoms with Crippen LogP contribution in [0.2, 0.25) is 5.15 Å². The first-order valence-corrected chi connectivity index (χ1v) is 9.39. The Morgan fingerprint density at radius 3 is 2.79 bits per heavy atom. The second kappa shape index (κ2) is 7.71. The summed E-state index contributed by atoms with van der Waals surface area (Å²) in [6.45, 7) is 9.86. The number of carbonyl (C=O) groups is 1. The van der Waals surface area contributed by atoms with E-state index in [0.29, 0.717) is 17.9 Å². The van der Waals surface area contributed by atoms with Crippen molar-refractivity contribution in [3.8, 4) is 11.3 Å². The van der Waals surface area contributed by atoms with Gasteiger partial charge in [-0.15, -0.1) is 0 Å². The zero-order valence-electron chi connectivity index (χ0n) is 16.5. The quantitative estimate of drug-likeness (QED) is 0.651. The van der Waals surface area contributed by atoms with Gasteiger partial charge >= 0.3 is 6.09 Å². The van der Waals surface area contributed by atoms with Crippen molar-refractivity contribution in [2.75, 3.05) is 6.54 Å². The lowest BCUT2D eigenvalue weighted by Crippen LogP contribution is -2.38. The second-order valence-electron chi connectivity index (χ2n) is 7.36. The van der Waals surface area contributed by atoms with Crippen LogP contribution >= 0.6 is 11.6 Å². The average molecular weight is 403 g/mol. The molecule has 0 aliphatic rings. The number of ether oxygens (including phenoxy) is 1. The van der Waals surface area contributed by atoms with Crippen LogP contribution in [0.1, 0.15) is 46.4 Å². The minimum atomic E-state index is -0.562. The predicted octanol–water partition coefficient (Wildman–Crippen LogP) is 4.16. The van der Waals surface area contributed by atoms with Gasteiger partial charge in [0.2, 0.25) is 0 Å². The number of fused-ring (bicyclic) bond motifs is 1. The van der Waals surface area contributed by atoms with Crippen molar-refractivity contribution in [3.63, 3.8) is 0 Å². The second-order valence-corrected chi connectivity index (χ2v) is 7.71. The molecule has 1 amide bonds. The van der Waals surface area contributed by atoms with Gasteiger partial charge in [-0.25, -0.2) is 19.3 Å². The van der Waals surface area contributed by atoms with Crippen molar-refractivity contribution in [1.29, 1.82) is 0 Å². The van der Waals surface area contributed by atoms with Gasteiger partial charge in [-0.2, -0.15) is 5.10 Å². The topological polar surface area (TPSA) is 85.5 Å². The Kier molecular flexibility index (Phi) is 5.51. The maximum Gasteiger partial charge on any atom is 0.410 e. The normalized spacial score (nSPS) is 12.8. The number of pyridine rings is 1. The molecular formula is C19H23ClN6O2. The molecule has 0 saturated heterocycles. The van der Waals surface area contributed by atoms with Gasteiger partial charge in [-0.1, -0.05) is 11.6 Å². The third-order valence-corrected chi connectivity index (χ3v) is 4.42. The third kappa shape index (κ3) is 4.22. The molecule has 148 valence electrons. The zero-order valence-corrected chi connectivity index (χ0v) is 17.3. The summed E-state index contributed by atoms with van der Waals surface area (Å²) in [4.78, 5) is 27.1. The molecule has 0 aliphatic heterocycles. The zero-order chi connectivity index (χ0) is 20.5. The Balaban J connectivity index is 1.92. The SMILES string of the molecule is CCN(C(=O)OC(C)(C)C)[C@H](C)c1cc(-c2cn3ncnc3c(Cl)n2)ccn1. The largest absolute Gasteiger partial charge is 0.444 e. The van der Waals surface area contributed by atoms with Gasteiger partial charge in [0, 0.05) is 18.3 Å². The molecule has 0 saturated carbocycles. The third-order valence-electron chi connectivity index (χ3n) is 4.16. The molecule has 0 radical (unpaired) electrons. The molecule has 0 fully saturated rings. The van der Waals surface area contributed by atoms with Crippen molar-refractivity contribution in [1.82, 2.24) is 29.5 Å². The van der Waals surface area contributed by atoms with E-state index in [4.69, 9.17) is 16.3 Å². The molecule has 0 aromatic carbocycles. The molecule has 0 spiro atoms. The maximum atomic E-state index is 12.5. The fraction of sp³-hybridized carbons (Fsp3) is 0.421. The number of hydrogen-bond acceptors (Lipinski definition) is 6. The first kappa shape index (κ1) is 20.0. The van der Waals surface area contributed by atoms with E-state index < -0.39 is 5.60 Å². The summed E-state index contributed by atoms with van der Waals surface area (Å²) in [6.07, 6.45) is 4.49. The summed E-state index contributed by atoms with van der Waals surface area (Å²) in [6, 6.07) is 3.45. The van der Waals surface area contributed by atoms with E-state index in [1.165, 1.54) is 6.33 Å². The van der Waals surface area contributed by atoms with Crippen LogP contribution in [-0.2, 0) is 4.74 Å². The monoisotopic (exact) mass is 402 g/mol. The van der Waals surface area contributed by atoms with Gasteiger partial charge in [-0.3, -0.25) is 4.98 Å². The predicted molar refractivity (Wildman–Crippen MR) is 106 cm³/mol. The van der Waals surface area contributed by atoms with E-state index in [9.17, 15) is 4.79 Å². The standard InChI is InChI=1S/C19H23ClN6O2/c1-6-25(18(27)28-19(3,4)5)12(2)14-9-13(7-8-21-14)15-10-26-17(16(20)24-15)22-11-23-26/h7-12H,6H2,1-5H3/t12-/m1/s1. The van der Waals surface area contributed by atoms with Gasteiger partial charge in [0.25, 0.3) is 0 Å². The molecule has 3 rings (SSSR count). The number of carbonyl (C=O) groups excluding carboxylic acids is 1. The summed E-state index contributed by atoms with van der Waals surface area (Å²) in [5, 5.41) is 4.39. The number of halogens is 1. The van der Waals surface area contributed by atoms with E-state index in [-0.39, 0.29) is 17.3 Å². The smallest absolute Gasteiger partial charge is 0.410 e. The molecule has 28 heavy (non-hydrogen) atoms. The molecule has 3 aromatic rings. The van der Waals surface area contributed by atoms with Crippen molar-refractivity contribution < 1.29 is 9.53 Å². The van der Waals surface area contributed by atoms with Crippen LogP contribution < -0.4 is 0 Å². The van der Waals surface area contributed by atoms with Gasteiger partial charge in [0.05, 0.1) is 23.6 Å². The lowest BCUT2D eigenvalue weighted by atomic mass is 10.1. The number of aromatic nitrogens is 5. The first-order chi connectivity index (χ1) is 13.2. The number of nitrogens with zero attached hydrogens (tertiary/aromatic N) is 6. The molecule has 0 aliphatic carbocycles. The summed E-state index contributed by atoms with van der Waals surface area (Å²) in [7, 11) is 0. The Labute approximate surface area is 168 Å². The van der Waals surface area contributed by atoms with Gasteiger partial charge in [0.15, 0.2) is 10.8 Å². The van der Waals surface area contributed by atoms with E-state index in [1.54, 1.807) is 21.8 Å². The minimum absolute atomic E-state index is 0.269. The molecule has 8 nitrogen and oxygen atoms in total. The van der Waals surface area contributed by atoms with Crippen LogP contribution in [0.15, 0.2) is 30.9 Å². The fourth-order valence-corrected chi connectivity index (χ4v) is 3.04. The van der Waals surface area contributed by atoms with Gasteiger partial charge in [-0.05, 0) is 46.8 Å². The van der Waals surface area contributed by atoms with Crippen LogP contribution in [0.4, 0.5) is 4.79 Å². The highest BCUT2D eigenvalue weighted by Gasteiger charge is 2.26. The molecule has 0 bridgehead atoms. The average Bonchev–Trinajstić information content (AvgIpc) is 3.10. The number of rotatable bonds is 4. The van der Waals surface area contributed by atoms with E-state index >= 15 is 0 Å². The van der Waals surface area contributed by atoms with Crippen LogP contribution in [0, 0.1) is 0 Å². The Morgan fingerprint density at radius 2 is 2.11 bits per heavy atom. The summed E-state index contributed by atoms with van der Waals surface area (Å²) in [5.41, 5.74) is 2.11. The van der Waals surface area contributed by atoms with Crippen molar-refractivity contribution in [2.45, 2.75) is 46.3 Å². The Hall–Kier alpha value is -2.74. The molecule has 1 atom stereocenters. The van der Waals surface area contributed by atoms with Crippen molar-refractivity contribution >= 4 is 23.3 Å². The molecule has 9 heteroatoms. The molecule has 3 heterocycles. The van der Waals surface area contributed by atoms with Crippen molar-refractivity contribution in [2.24, 2.45) is 0 Å². The maximum absolute atomic E-state index is 12.5. The van der Waals surface area contributed by atoms with Crippen LogP contribution in [0.3, 0.4) is 0 Å². The summed E-state index contributed by atoms with van der Waals surface area (Å²) < 4.78 is 7.09. The molecular weight excluding hydrogens is 380 g/mol. The first-order valence-electron chi connectivity index (χ1n) is 9.01. The molecule has 0 unspecified atom stereocenters. The Morgan fingerprint density at radius 1 is 1.36 bits per heavy atom. The number of amides is 1. The minimum Gasteiger partial charge on any atom is -0.444 e. The van der Waals surface area contributed by atoms with Gasteiger partial charge < -0.3 is 9.64 Å². The Bertz CT molecular complexity index is 997. The van der Waals surface area contributed by atoms with Crippen LogP contribution in [0.5, 0.6) is 0 Å². The lowest BCUT2D eigenvalue weighted by molar-refractivity contribution is 0.0182. The highest BCUT2D eigenvalue weighted by Crippen LogP contribution is 2.26. The van der Waals surface area contributed by atoms with Crippen LogP contribution in [-0.4, -0.2) is 47.7 Å². The molecule has 3 aromatic heterocycles. The van der Waals surface area contributed by atoms with E-state index in [1.807, 2.05) is 46.8 Å².